The average Bonchev–Trinajstić information content (AvgIpc) is 2.99. The van der Waals surface area contributed by atoms with Crippen molar-refractivity contribution in [3.63, 3.8) is 0 Å². The molecule has 2 aromatic rings. The van der Waals surface area contributed by atoms with Crippen molar-refractivity contribution in [3.8, 4) is 11.6 Å². The molecule has 3 rings (SSSR count). The van der Waals surface area contributed by atoms with Crippen molar-refractivity contribution in [2.75, 3.05) is 18.6 Å². The van der Waals surface area contributed by atoms with E-state index in [1.54, 1.807) is 0 Å². The lowest BCUT2D eigenvalue weighted by Crippen LogP contribution is -2.16. The zero-order valence-electron chi connectivity index (χ0n) is 15.5. The summed E-state index contributed by atoms with van der Waals surface area (Å²) >= 11 is 0. The number of ether oxygens (including phenoxy) is 1. The zero-order valence-corrected chi connectivity index (χ0v) is 16.3. The van der Waals surface area contributed by atoms with E-state index >= 15 is 0 Å². The first-order valence-electron chi connectivity index (χ1n) is 8.61. The van der Waals surface area contributed by atoms with Crippen molar-refractivity contribution < 1.29 is 23.8 Å². The molecule has 0 bridgehead atoms. The minimum atomic E-state index is -2.68. The molecular formula is C17H20N4O6S. The lowest BCUT2D eigenvalue weighted by Gasteiger charge is -2.16. The van der Waals surface area contributed by atoms with Crippen molar-refractivity contribution >= 4 is 26.9 Å². The van der Waals surface area contributed by atoms with Crippen LogP contribution in [0.5, 0.6) is 11.6 Å². The summed E-state index contributed by atoms with van der Waals surface area (Å²) in [7, 11) is 0.0735. The molecule has 1 saturated heterocycles. The topological polar surface area (TPSA) is 137 Å². The molecule has 1 aliphatic rings. The Morgan fingerprint density at radius 1 is 1.32 bits per heavy atom. The second-order valence-corrected chi connectivity index (χ2v) is 8.98. The number of nitro groups is 1. The van der Waals surface area contributed by atoms with E-state index in [0.717, 1.165) is 30.1 Å². The van der Waals surface area contributed by atoms with Gasteiger partial charge in [0.15, 0.2) is 11.4 Å². The summed E-state index contributed by atoms with van der Waals surface area (Å²) < 4.78 is 23.5. The summed E-state index contributed by atoms with van der Waals surface area (Å²) in [5.74, 6) is -0.447. The van der Waals surface area contributed by atoms with Gasteiger partial charge in [-0.15, -0.1) is 0 Å². The number of aryl methyl sites for hydroxylation is 1. The molecule has 0 unspecified atom stereocenters. The fraction of sp³-hybridized carbons (Fsp3) is 0.412. The number of nitro benzene ring substituents is 1. The van der Waals surface area contributed by atoms with Crippen molar-refractivity contribution in [2.45, 2.75) is 19.3 Å². The fourth-order valence-corrected chi connectivity index (χ4v) is 5.32. The van der Waals surface area contributed by atoms with Crippen LogP contribution in [0, 0.1) is 10.1 Å². The van der Waals surface area contributed by atoms with Crippen molar-refractivity contribution in [1.29, 1.82) is 0 Å². The van der Waals surface area contributed by atoms with Crippen LogP contribution in [0.2, 0.25) is 0 Å². The van der Waals surface area contributed by atoms with E-state index in [1.807, 2.05) is 0 Å². The smallest absolute Gasteiger partial charge is 0.310 e. The molecule has 1 N–H and O–H groups in total. The molecule has 150 valence electrons. The third kappa shape index (κ3) is 3.57. The predicted molar refractivity (Wildman–Crippen MR) is 102 cm³/mol. The van der Waals surface area contributed by atoms with Crippen LogP contribution in [0.15, 0.2) is 22.7 Å². The van der Waals surface area contributed by atoms with Gasteiger partial charge in [-0.1, -0.05) is 6.42 Å². The molecule has 28 heavy (non-hydrogen) atoms. The third-order valence-electron chi connectivity index (χ3n) is 4.60. The Hall–Kier alpha value is -2.95. The van der Waals surface area contributed by atoms with Gasteiger partial charge >= 0.3 is 5.69 Å². The van der Waals surface area contributed by atoms with E-state index in [4.69, 9.17) is 4.74 Å². The summed E-state index contributed by atoms with van der Waals surface area (Å²) in [6.07, 6.45) is 3.51. The highest BCUT2D eigenvalue weighted by Crippen LogP contribution is 2.42. The minimum Gasteiger partial charge on any atom is -0.494 e. The lowest BCUT2D eigenvalue weighted by atomic mass is 10.0. The van der Waals surface area contributed by atoms with Crippen LogP contribution in [-0.2, 0) is 16.8 Å². The molecule has 2 heterocycles. The van der Waals surface area contributed by atoms with Crippen LogP contribution >= 0.6 is 0 Å². The van der Waals surface area contributed by atoms with Gasteiger partial charge in [-0.25, -0.2) is 8.89 Å². The third-order valence-corrected chi connectivity index (χ3v) is 6.97. The number of nitrogens with zero attached hydrogens (tertiary/aromatic N) is 4. The van der Waals surface area contributed by atoms with Gasteiger partial charge in [0, 0.05) is 18.6 Å². The standard InChI is InChI=1S/C17H20N4O6S/c1-20-17(23)12(10-18-20)16(22)11-6-7-13(27-2)14(15(11)21(24)25)19-28(26)8-4-3-5-9-28/h6-7,10,23H,3-5,8-9H2,1-2H3. The summed E-state index contributed by atoms with van der Waals surface area (Å²) in [6, 6.07) is 2.61. The first-order chi connectivity index (χ1) is 13.3. The molecule has 0 atom stereocenters. The van der Waals surface area contributed by atoms with Crippen LogP contribution in [-0.4, -0.2) is 48.4 Å². The Labute approximate surface area is 161 Å². The highest BCUT2D eigenvalue weighted by atomic mass is 32.2. The molecule has 10 nitrogen and oxygen atoms in total. The quantitative estimate of drug-likeness (QED) is 0.456. The van der Waals surface area contributed by atoms with Gasteiger partial charge in [0.1, 0.15) is 11.1 Å². The van der Waals surface area contributed by atoms with Gasteiger partial charge in [0.05, 0.1) is 28.0 Å². The number of rotatable bonds is 5. The van der Waals surface area contributed by atoms with Crippen LogP contribution in [0.3, 0.4) is 0 Å². The molecule has 1 aliphatic heterocycles. The molecule has 0 amide bonds. The highest BCUT2D eigenvalue weighted by molar-refractivity contribution is 7.93. The van der Waals surface area contributed by atoms with Crippen LogP contribution in [0.4, 0.5) is 11.4 Å². The van der Waals surface area contributed by atoms with E-state index in [9.17, 15) is 24.2 Å². The normalized spacial score (nSPS) is 15.8. The molecule has 0 saturated carbocycles. The van der Waals surface area contributed by atoms with E-state index in [0.29, 0.717) is 11.5 Å². The number of hydrogen-bond acceptors (Lipinski definition) is 8. The lowest BCUT2D eigenvalue weighted by molar-refractivity contribution is -0.384. The van der Waals surface area contributed by atoms with E-state index < -0.39 is 32.0 Å². The van der Waals surface area contributed by atoms with Gasteiger partial charge in [0.2, 0.25) is 11.7 Å². The van der Waals surface area contributed by atoms with Crippen LogP contribution in [0.25, 0.3) is 0 Å². The number of carbonyl (C=O) groups excluding carboxylic acids is 1. The SMILES string of the molecule is COc1ccc(C(=O)c2cnn(C)c2O)c([N+](=O)[O-])c1N=S1(=O)CCCCC1. The second kappa shape index (κ2) is 7.58. The zero-order chi connectivity index (χ0) is 20.5. The first kappa shape index (κ1) is 19.8. The Bertz CT molecular complexity index is 1060. The monoisotopic (exact) mass is 408 g/mol. The van der Waals surface area contributed by atoms with E-state index in [2.05, 4.69) is 9.46 Å². The summed E-state index contributed by atoms with van der Waals surface area (Å²) in [5.41, 5.74) is -1.27. The fourth-order valence-electron chi connectivity index (χ4n) is 3.11. The maximum Gasteiger partial charge on any atom is 0.310 e. The molecular weight excluding hydrogens is 388 g/mol. The Balaban J connectivity index is 2.24. The molecule has 0 radical (unpaired) electrons. The average molecular weight is 408 g/mol. The number of methoxy groups -OCH3 is 1. The predicted octanol–water partition coefficient (Wildman–Crippen LogP) is 2.56. The van der Waals surface area contributed by atoms with Gasteiger partial charge in [-0.3, -0.25) is 14.9 Å². The molecule has 0 spiro atoms. The number of hydrogen-bond donors (Lipinski definition) is 1. The maximum atomic E-state index is 13.0. The van der Waals surface area contributed by atoms with Crippen LogP contribution < -0.4 is 4.74 Å². The number of aromatic hydroxyl groups is 1. The molecule has 1 aromatic carbocycles. The summed E-state index contributed by atoms with van der Waals surface area (Å²) in [4.78, 5) is 24.0. The first-order valence-corrected chi connectivity index (χ1v) is 10.5. The number of aromatic nitrogens is 2. The van der Waals surface area contributed by atoms with Gasteiger partial charge in [-0.2, -0.15) is 9.46 Å². The molecule has 1 fully saturated rings. The summed E-state index contributed by atoms with van der Waals surface area (Å²) in [5, 5.41) is 25.6. The largest absolute Gasteiger partial charge is 0.494 e. The second-order valence-electron chi connectivity index (χ2n) is 6.44. The van der Waals surface area contributed by atoms with Crippen molar-refractivity contribution in [3.05, 3.63) is 39.6 Å². The van der Waals surface area contributed by atoms with E-state index in [-0.39, 0.29) is 22.6 Å². The Morgan fingerprint density at radius 2 is 2.00 bits per heavy atom. The highest BCUT2D eigenvalue weighted by Gasteiger charge is 2.32. The number of carbonyl (C=O) groups is 1. The van der Waals surface area contributed by atoms with Gasteiger partial charge in [0.25, 0.3) is 0 Å². The Morgan fingerprint density at radius 3 is 2.54 bits per heavy atom. The van der Waals surface area contributed by atoms with E-state index in [1.165, 1.54) is 26.3 Å². The molecule has 11 heteroatoms. The van der Waals surface area contributed by atoms with Crippen LogP contribution in [0.1, 0.15) is 35.2 Å². The number of ketones is 1. The minimum absolute atomic E-state index is 0.0620. The maximum absolute atomic E-state index is 13.0. The molecule has 0 aliphatic carbocycles. The van der Waals surface area contributed by atoms with Gasteiger partial charge in [-0.05, 0) is 25.0 Å². The van der Waals surface area contributed by atoms with Crippen molar-refractivity contribution in [2.24, 2.45) is 11.4 Å². The Kier molecular flexibility index (Phi) is 5.36. The van der Waals surface area contributed by atoms with Crippen molar-refractivity contribution in [1.82, 2.24) is 9.78 Å². The molecule has 1 aromatic heterocycles. The number of benzene rings is 1. The van der Waals surface area contributed by atoms with Gasteiger partial charge < -0.3 is 9.84 Å². The summed E-state index contributed by atoms with van der Waals surface area (Å²) in [6.45, 7) is 0.